The van der Waals surface area contributed by atoms with Crippen molar-refractivity contribution in [3.05, 3.63) is 0 Å². The van der Waals surface area contributed by atoms with Crippen LogP contribution >= 0.6 is 0 Å². The Morgan fingerprint density at radius 2 is 1.92 bits per heavy atom. The molecule has 1 aliphatic heterocycles. The summed E-state index contributed by atoms with van der Waals surface area (Å²) in [5.41, 5.74) is 0. The van der Waals surface area contributed by atoms with E-state index < -0.39 is 0 Å². The summed E-state index contributed by atoms with van der Waals surface area (Å²) in [6.07, 6.45) is 5.52. The molecular weight excluding hydrogens is 164 g/mol. The van der Waals surface area contributed by atoms with E-state index in [0.29, 0.717) is 11.8 Å². The summed E-state index contributed by atoms with van der Waals surface area (Å²) < 4.78 is 0. The lowest BCUT2D eigenvalue weighted by atomic mass is 9.74. The topological polar surface area (TPSA) is 32.7 Å². The van der Waals surface area contributed by atoms with E-state index in [4.69, 9.17) is 0 Å². The van der Waals surface area contributed by atoms with Crippen molar-refractivity contribution in [2.45, 2.75) is 25.3 Å². The third-order valence-corrected chi connectivity index (χ3v) is 3.41. The molecule has 2 unspecified atom stereocenters. The van der Waals surface area contributed by atoms with Crippen molar-refractivity contribution in [2.24, 2.45) is 16.8 Å². The number of likely N-dealkylation sites (tertiary alicyclic amines) is 1. The molecule has 2 fully saturated rings. The quantitative estimate of drug-likeness (QED) is 0.446. The van der Waals surface area contributed by atoms with Crippen molar-refractivity contribution < 1.29 is 4.79 Å². The van der Waals surface area contributed by atoms with E-state index in [-0.39, 0.29) is 6.04 Å². The minimum Gasteiger partial charge on any atom is -0.306 e. The van der Waals surface area contributed by atoms with E-state index in [0.717, 1.165) is 13.1 Å². The van der Waals surface area contributed by atoms with Crippen molar-refractivity contribution in [3.8, 4) is 0 Å². The van der Waals surface area contributed by atoms with E-state index in [1.807, 2.05) is 0 Å². The summed E-state index contributed by atoms with van der Waals surface area (Å²) in [5, 5.41) is 0. The van der Waals surface area contributed by atoms with Crippen molar-refractivity contribution >= 4 is 6.08 Å². The van der Waals surface area contributed by atoms with Gasteiger partial charge < -0.3 is 4.90 Å². The first kappa shape index (κ1) is 8.92. The molecule has 2 rings (SSSR count). The maximum absolute atomic E-state index is 10.3. The largest absolute Gasteiger partial charge is 0.306 e. The normalized spacial score (nSPS) is 39.6. The number of isocyanates is 1. The maximum Gasteiger partial charge on any atom is 0.235 e. The van der Waals surface area contributed by atoms with Gasteiger partial charge in [-0.1, -0.05) is 6.42 Å². The lowest BCUT2D eigenvalue weighted by molar-refractivity contribution is 0.0828. The number of nitrogens with zero attached hydrogens (tertiary/aromatic N) is 2. The average molecular weight is 180 g/mol. The van der Waals surface area contributed by atoms with Crippen LogP contribution in [0.3, 0.4) is 0 Å². The molecule has 0 N–H and O–H groups in total. The van der Waals surface area contributed by atoms with Gasteiger partial charge in [-0.25, -0.2) is 9.79 Å². The van der Waals surface area contributed by atoms with Crippen molar-refractivity contribution in [1.29, 1.82) is 0 Å². The SMILES string of the molecule is CN1CC2CCCC(C1)C2N=C=O. The molecule has 0 radical (unpaired) electrons. The second-order valence-electron chi connectivity index (χ2n) is 4.38. The van der Waals surface area contributed by atoms with Gasteiger partial charge in [0.1, 0.15) is 0 Å². The van der Waals surface area contributed by atoms with Crippen LogP contribution in [0.15, 0.2) is 4.99 Å². The Labute approximate surface area is 78.8 Å². The summed E-state index contributed by atoms with van der Waals surface area (Å²) in [4.78, 5) is 16.6. The minimum atomic E-state index is 0.280. The highest BCUT2D eigenvalue weighted by atomic mass is 16.1. The fourth-order valence-corrected chi connectivity index (χ4v) is 2.91. The Morgan fingerprint density at radius 3 is 2.46 bits per heavy atom. The molecule has 72 valence electrons. The molecule has 2 aliphatic rings. The highest BCUT2D eigenvalue weighted by Gasteiger charge is 2.38. The second-order valence-corrected chi connectivity index (χ2v) is 4.38. The molecule has 2 atom stereocenters. The van der Waals surface area contributed by atoms with Gasteiger partial charge in [0.05, 0.1) is 6.04 Å². The highest BCUT2D eigenvalue weighted by Crippen LogP contribution is 2.36. The Kier molecular flexibility index (Phi) is 2.47. The smallest absolute Gasteiger partial charge is 0.235 e. The first-order valence-corrected chi connectivity index (χ1v) is 5.07. The number of piperidine rings is 1. The zero-order valence-electron chi connectivity index (χ0n) is 8.07. The molecule has 0 aromatic heterocycles. The number of aliphatic imine (C=N–C) groups is 1. The van der Waals surface area contributed by atoms with Gasteiger partial charge >= 0.3 is 0 Å². The van der Waals surface area contributed by atoms with E-state index in [1.165, 1.54) is 19.3 Å². The lowest BCUT2D eigenvalue weighted by Gasteiger charge is -2.43. The Hall–Kier alpha value is -0.660. The van der Waals surface area contributed by atoms with Crippen LogP contribution in [0.4, 0.5) is 0 Å². The molecule has 1 saturated heterocycles. The summed E-state index contributed by atoms with van der Waals surface area (Å²) in [7, 11) is 2.16. The molecule has 0 aromatic rings. The lowest BCUT2D eigenvalue weighted by Crippen LogP contribution is -2.49. The van der Waals surface area contributed by atoms with Crippen molar-refractivity contribution in [3.63, 3.8) is 0 Å². The summed E-state index contributed by atoms with van der Waals surface area (Å²) in [6.45, 7) is 2.21. The minimum absolute atomic E-state index is 0.280. The summed E-state index contributed by atoms with van der Waals surface area (Å²) >= 11 is 0. The molecule has 3 heteroatoms. The molecular formula is C10H16N2O. The van der Waals surface area contributed by atoms with Crippen LogP contribution in [0.5, 0.6) is 0 Å². The molecule has 0 amide bonds. The van der Waals surface area contributed by atoms with E-state index in [1.54, 1.807) is 6.08 Å². The number of rotatable bonds is 1. The first-order chi connectivity index (χ1) is 6.31. The van der Waals surface area contributed by atoms with Crippen LogP contribution in [-0.2, 0) is 4.79 Å². The van der Waals surface area contributed by atoms with Crippen LogP contribution in [0.2, 0.25) is 0 Å². The molecule has 3 nitrogen and oxygen atoms in total. The van der Waals surface area contributed by atoms with Gasteiger partial charge in [0, 0.05) is 13.1 Å². The third-order valence-electron chi connectivity index (χ3n) is 3.41. The second kappa shape index (κ2) is 3.60. The molecule has 13 heavy (non-hydrogen) atoms. The first-order valence-electron chi connectivity index (χ1n) is 5.07. The van der Waals surface area contributed by atoms with Gasteiger partial charge in [-0.2, -0.15) is 0 Å². The summed E-state index contributed by atoms with van der Waals surface area (Å²) in [5.74, 6) is 1.22. The molecule has 2 bridgehead atoms. The average Bonchev–Trinajstić information content (AvgIpc) is 2.07. The zero-order valence-corrected chi connectivity index (χ0v) is 8.07. The predicted octanol–water partition coefficient (Wildman–Crippen LogP) is 1.05. The van der Waals surface area contributed by atoms with Crippen molar-refractivity contribution in [1.82, 2.24) is 4.90 Å². The van der Waals surface area contributed by atoms with Gasteiger partial charge in [-0.3, -0.25) is 0 Å². The van der Waals surface area contributed by atoms with Gasteiger partial charge in [-0.05, 0) is 31.7 Å². The van der Waals surface area contributed by atoms with E-state index in [9.17, 15) is 4.79 Å². The molecule has 1 heterocycles. The van der Waals surface area contributed by atoms with Crippen LogP contribution in [0.1, 0.15) is 19.3 Å². The Balaban J connectivity index is 2.14. The van der Waals surface area contributed by atoms with Gasteiger partial charge in [-0.15, -0.1) is 0 Å². The van der Waals surface area contributed by atoms with E-state index in [2.05, 4.69) is 16.9 Å². The predicted molar refractivity (Wildman–Crippen MR) is 50.2 cm³/mol. The Morgan fingerprint density at radius 1 is 1.31 bits per heavy atom. The zero-order chi connectivity index (χ0) is 9.26. The van der Waals surface area contributed by atoms with E-state index >= 15 is 0 Å². The highest BCUT2D eigenvalue weighted by molar-refractivity contribution is 5.34. The molecule has 1 saturated carbocycles. The van der Waals surface area contributed by atoms with Crippen LogP contribution in [0, 0.1) is 11.8 Å². The molecule has 0 aromatic carbocycles. The van der Waals surface area contributed by atoms with Gasteiger partial charge in [0.2, 0.25) is 6.08 Å². The maximum atomic E-state index is 10.3. The number of carbonyl (C=O) groups excluding carboxylic acids is 1. The van der Waals surface area contributed by atoms with Crippen LogP contribution < -0.4 is 0 Å². The van der Waals surface area contributed by atoms with Gasteiger partial charge in [0.15, 0.2) is 0 Å². The Bertz CT molecular complexity index is 221. The molecule has 1 aliphatic carbocycles. The third kappa shape index (κ3) is 1.67. The molecule has 0 spiro atoms. The van der Waals surface area contributed by atoms with Crippen LogP contribution in [-0.4, -0.2) is 37.2 Å². The number of hydrogen-bond donors (Lipinski definition) is 0. The number of fused-ring (bicyclic) bond motifs is 2. The number of hydrogen-bond acceptors (Lipinski definition) is 3. The van der Waals surface area contributed by atoms with Crippen molar-refractivity contribution in [2.75, 3.05) is 20.1 Å². The van der Waals surface area contributed by atoms with Crippen LogP contribution in [0.25, 0.3) is 0 Å². The van der Waals surface area contributed by atoms with Gasteiger partial charge in [0.25, 0.3) is 0 Å². The fraction of sp³-hybridized carbons (Fsp3) is 0.900. The monoisotopic (exact) mass is 180 g/mol. The summed E-state index contributed by atoms with van der Waals surface area (Å²) in [6, 6.07) is 0.280. The standard InChI is InChI=1S/C10H16N2O/c1-12-5-8-3-2-4-9(6-12)10(8)11-7-13/h8-10H,2-6H2,1H3. The fourth-order valence-electron chi connectivity index (χ4n) is 2.91.